The Kier molecular flexibility index (Phi) is 2.68. The summed E-state index contributed by atoms with van der Waals surface area (Å²) in [6, 6.07) is 0.419. The lowest BCUT2D eigenvalue weighted by Gasteiger charge is -2.13. The first kappa shape index (κ1) is 7.54. The van der Waals surface area contributed by atoms with Crippen molar-refractivity contribution in [3.63, 3.8) is 0 Å². The maximum Gasteiger partial charge on any atom is 0.206 e. The maximum absolute atomic E-state index is 5.05. The fourth-order valence-corrected chi connectivity index (χ4v) is 1.03. The van der Waals surface area contributed by atoms with E-state index in [1.54, 1.807) is 0 Å². The molecule has 1 heterocycles. The van der Waals surface area contributed by atoms with Crippen molar-refractivity contribution in [2.75, 3.05) is 6.54 Å². The Morgan fingerprint density at radius 1 is 1.70 bits per heavy atom. The van der Waals surface area contributed by atoms with E-state index in [9.17, 15) is 0 Å². The highest BCUT2D eigenvalue weighted by Gasteiger charge is 2.03. The fraction of sp³-hybridized carbons (Fsp3) is 0.857. The van der Waals surface area contributed by atoms with Crippen molar-refractivity contribution in [1.82, 2.24) is 5.48 Å². The van der Waals surface area contributed by atoms with E-state index in [0.717, 1.165) is 25.3 Å². The Balaban J connectivity index is 2.46. The van der Waals surface area contributed by atoms with Gasteiger partial charge >= 0.3 is 0 Å². The lowest BCUT2D eigenvalue weighted by atomic mass is 10.2. The van der Waals surface area contributed by atoms with Gasteiger partial charge in [0.15, 0.2) is 0 Å². The molecule has 0 aromatic carbocycles. The van der Waals surface area contributed by atoms with Gasteiger partial charge in [0.25, 0.3) is 0 Å². The average Bonchev–Trinajstić information content (AvgIpc) is 1.83. The van der Waals surface area contributed by atoms with Crippen LogP contribution in [0.2, 0.25) is 0 Å². The minimum Gasteiger partial charge on any atom is -0.394 e. The van der Waals surface area contributed by atoms with Gasteiger partial charge < -0.3 is 4.84 Å². The van der Waals surface area contributed by atoms with Gasteiger partial charge in [0.1, 0.15) is 0 Å². The van der Waals surface area contributed by atoms with Gasteiger partial charge in [0, 0.05) is 13.5 Å². The number of hydrogen-bond acceptors (Lipinski definition) is 3. The van der Waals surface area contributed by atoms with Gasteiger partial charge in [-0.3, -0.25) is 4.99 Å². The molecule has 0 amide bonds. The van der Waals surface area contributed by atoms with Gasteiger partial charge in [-0.2, -0.15) is 5.48 Å². The highest BCUT2D eigenvalue weighted by molar-refractivity contribution is 5.73. The van der Waals surface area contributed by atoms with Gasteiger partial charge in [-0.25, -0.2) is 0 Å². The molecule has 1 N–H and O–H groups in total. The summed E-state index contributed by atoms with van der Waals surface area (Å²) in [4.78, 5) is 9.32. The van der Waals surface area contributed by atoms with E-state index in [2.05, 4.69) is 17.4 Å². The molecule has 1 rings (SSSR count). The highest BCUT2D eigenvalue weighted by Crippen LogP contribution is 2.03. The van der Waals surface area contributed by atoms with Gasteiger partial charge in [0.2, 0.25) is 5.90 Å². The fourth-order valence-electron chi connectivity index (χ4n) is 1.03. The van der Waals surface area contributed by atoms with E-state index in [1.807, 2.05) is 6.92 Å². The molecule has 1 aliphatic rings. The number of hydroxylamine groups is 1. The van der Waals surface area contributed by atoms with Crippen LogP contribution >= 0.6 is 0 Å². The molecule has 0 radical (unpaired) electrons. The van der Waals surface area contributed by atoms with E-state index < -0.39 is 0 Å². The van der Waals surface area contributed by atoms with Crippen LogP contribution in [-0.2, 0) is 4.84 Å². The Hall–Kier alpha value is -0.570. The molecule has 10 heavy (non-hydrogen) atoms. The summed E-state index contributed by atoms with van der Waals surface area (Å²) in [5.41, 5.74) is 2.83. The SMILES string of the molecule is C/C1=N/C(C)CCCNO1. The molecule has 0 saturated heterocycles. The second-order valence-corrected chi connectivity index (χ2v) is 2.64. The average molecular weight is 142 g/mol. The lowest BCUT2D eigenvalue weighted by molar-refractivity contribution is 0.169. The summed E-state index contributed by atoms with van der Waals surface area (Å²) < 4.78 is 0. The largest absolute Gasteiger partial charge is 0.394 e. The summed E-state index contributed by atoms with van der Waals surface area (Å²) in [5.74, 6) is 0.743. The molecule has 0 bridgehead atoms. The Bertz CT molecular complexity index is 134. The van der Waals surface area contributed by atoms with E-state index >= 15 is 0 Å². The van der Waals surface area contributed by atoms with Crippen molar-refractivity contribution in [2.24, 2.45) is 4.99 Å². The summed E-state index contributed by atoms with van der Waals surface area (Å²) in [5, 5.41) is 0. The number of hydrogen-bond donors (Lipinski definition) is 1. The molecule has 58 valence electrons. The van der Waals surface area contributed by atoms with Crippen molar-refractivity contribution in [3.8, 4) is 0 Å². The molecule has 1 aliphatic heterocycles. The van der Waals surface area contributed by atoms with Crippen LogP contribution < -0.4 is 5.48 Å². The molecule has 3 heteroatoms. The molecule has 0 spiro atoms. The highest BCUT2D eigenvalue weighted by atomic mass is 16.7. The molecule has 3 nitrogen and oxygen atoms in total. The van der Waals surface area contributed by atoms with Gasteiger partial charge in [-0.05, 0) is 19.8 Å². The quantitative estimate of drug-likeness (QED) is 0.549. The third-order valence-corrected chi connectivity index (χ3v) is 1.52. The molecule has 0 aliphatic carbocycles. The first-order valence-electron chi connectivity index (χ1n) is 3.73. The molecule has 0 fully saturated rings. The van der Waals surface area contributed by atoms with Crippen LogP contribution in [0.25, 0.3) is 0 Å². The van der Waals surface area contributed by atoms with Gasteiger partial charge in [-0.1, -0.05) is 0 Å². The molecule has 1 unspecified atom stereocenters. The summed E-state index contributed by atoms with van der Waals surface area (Å²) in [7, 11) is 0. The second kappa shape index (κ2) is 3.56. The van der Waals surface area contributed by atoms with E-state index in [1.165, 1.54) is 0 Å². The van der Waals surface area contributed by atoms with Crippen molar-refractivity contribution >= 4 is 5.90 Å². The second-order valence-electron chi connectivity index (χ2n) is 2.64. The Morgan fingerprint density at radius 2 is 2.50 bits per heavy atom. The third-order valence-electron chi connectivity index (χ3n) is 1.52. The maximum atomic E-state index is 5.05. The standard InChI is InChI=1S/C7H14N2O/c1-6-4-3-5-8-10-7(2)9-6/h6,8H,3-5H2,1-2H3/b9-7-. The first-order valence-corrected chi connectivity index (χ1v) is 3.73. The van der Waals surface area contributed by atoms with Crippen LogP contribution in [-0.4, -0.2) is 18.5 Å². The van der Waals surface area contributed by atoms with Crippen LogP contribution in [0.1, 0.15) is 26.7 Å². The monoisotopic (exact) mass is 142 g/mol. The molecular formula is C7H14N2O. The zero-order valence-corrected chi connectivity index (χ0v) is 6.55. The summed E-state index contributed by atoms with van der Waals surface area (Å²) in [6.07, 6.45) is 2.28. The smallest absolute Gasteiger partial charge is 0.206 e. The van der Waals surface area contributed by atoms with Crippen LogP contribution in [0.3, 0.4) is 0 Å². The van der Waals surface area contributed by atoms with Gasteiger partial charge in [-0.15, -0.1) is 0 Å². The number of aliphatic imine (C=N–C) groups is 1. The zero-order chi connectivity index (χ0) is 7.40. The van der Waals surface area contributed by atoms with Crippen LogP contribution in [0.5, 0.6) is 0 Å². The van der Waals surface area contributed by atoms with Crippen molar-refractivity contribution < 1.29 is 4.84 Å². The van der Waals surface area contributed by atoms with Crippen LogP contribution in [0.15, 0.2) is 4.99 Å². The zero-order valence-electron chi connectivity index (χ0n) is 6.55. The van der Waals surface area contributed by atoms with E-state index in [0.29, 0.717) is 6.04 Å². The molecular weight excluding hydrogens is 128 g/mol. The minimum atomic E-state index is 0.419. The molecule has 1 atom stereocenters. The molecule has 0 saturated carbocycles. The van der Waals surface area contributed by atoms with Crippen molar-refractivity contribution in [1.29, 1.82) is 0 Å². The van der Waals surface area contributed by atoms with Crippen molar-refractivity contribution in [3.05, 3.63) is 0 Å². The third kappa shape index (κ3) is 2.35. The van der Waals surface area contributed by atoms with E-state index in [-0.39, 0.29) is 0 Å². The molecule has 0 aromatic rings. The van der Waals surface area contributed by atoms with Crippen molar-refractivity contribution in [2.45, 2.75) is 32.7 Å². The summed E-state index contributed by atoms with van der Waals surface area (Å²) in [6.45, 7) is 4.91. The van der Waals surface area contributed by atoms with Gasteiger partial charge in [0.05, 0.1) is 6.04 Å². The minimum absolute atomic E-state index is 0.419. The predicted molar refractivity (Wildman–Crippen MR) is 40.9 cm³/mol. The van der Waals surface area contributed by atoms with E-state index in [4.69, 9.17) is 4.84 Å². The lowest BCUT2D eigenvalue weighted by Crippen LogP contribution is -2.23. The first-order chi connectivity index (χ1) is 4.79. The number of nitrogens with zero attached hydrogens (tertiary/aromatic N) is 1. The topological polar surface area (TPSA) is 33.6 Å². The van der Waals surface area contributed by atoms with Crippen LogP contribution in [0, 0.1) is 0 Å². The van der Waals surface area contributed by atoms with Crippen LogP contribution in [0.4, 0.5) is 0 Å². The molecule has 0 aromatic heterocycles. The summed E-state index contributed by atoms with van der Waals surface area (Å²) >= 11 is 0. The normalized spacial score (nSPS) is 33.0. The number of nitrogens with one attached hydrogen (secondary N) is 1. The Labute approximate surface area is 61.4 Å². The number of rotatable bonds is 0. The Morgan fingerprint density at radius 3 is 3.30 bits per heavy atom. The predicted octanol–water partition coefficient (Wildman–Crippen LogP) is 1.11.